The Hall–Kier alpha value is -3.02. The minimum absolute atomic E-state index is 0.231. The molecule has 0 saturated carbocycles. The number of anilines is 1. The summed E-state index contributed by atoms with van der Waals surface area (Å²) in [6.07, 6.45) is 1.54. The van der Waals surface area contributed by atoms with Gasteiger partial charge in [-0.25, -0.2) is 5.43 Å². The Morgan fingerprint density at radius 3 is 2.64 bits per heavy atom. The van der Waals surface area contributed by atoms with E-state index in [1.54, 1.807) is 33.3 Å². The van der Waals surface area contributed by atoms with Crippen LogP contribution in [0.25, 0.3) is 0 Å². The minimum Gasteiger partial charge on any atom is -0.497 e. The summed E-state index contributed by atoms with van der Waals surface area (Å²) in [5.41, 5.74) is 5.28. The van der Waals surface area contributed by atoms with Gasteiger partial charge >= 0.3 is 0 Å². The molecule has 2 N–H and O–H groups in total. The van der Waals surface area contributed by atoms with E-state index in [1.807, 2.05) is 37.3 Å². The Kier molecular flexibility index (Phi) is 6.39. The molecule has 6 nitrogen and oxygen atoms in total. The Morgan fingerprint density at radius 2 is 1.96 bits per heavy atom. The first-order valence-electron chi connectivity index (χ1n) is 7.91. The number of amides is 1. The number of carbonyl (C=O) groups is 1. The summed E-state index contributed by atoms with van der Waals surface area (Å²) < 4.78 is 10.4. The van der Waals surface area contributed by atoms with Crippen molar-refractivity contribution in [3.63, 3.8) is 0 Å². The molecule has 6 heteroatoms. The predicted octanol–water partition coefficient (Wildman–Crippen LogP) is 2.96. The first-order valence-corrected chi connectivity index (χ1v) is 7.91. The first-order chi connectivity index (χ1) is 12.0. The number of rotatable bonds is 7. The topological polar surface area (TPSA) is 72.0 Å². The van der Waals surface area contributed by atoms with E-state index in [0.717, 1.165) is 16.8 Å². The van der Waals surface area contributed by atoms with Gasteiger partial charge in [-0.05, 0) is 43.7 Å². The molecule has 1 atom stereocenters. The average molecular weight is 341 g/mol. The number of hydrazone groups is 1. The minimum atomic E-state index is -0.420. The van der Waals surface area contributed by atoms with Crippen LogP contribution in [0.3, 0.4) is 0 Å². The fraction of sp³-hybridized carbons (Fsp3) is 0.263. The largest absolute Gasteiger partial charge is 0.497 e. The van der Waals surface area contributed by atoms with Crippen molar-refractivity contribution in [3.8, 4) is 11.5 Å². The molecular weight excluding hydrogens is 318 g/mol. The summed E-state index contributed by atoms with van der Waals surface area (Å²) in [7, 11) is 3.16. The Balaban J connectivity index is 1.95. The number of carbonyl (C=O) groups excluding carboxylic acids is 1. The lowest BCUT2D eigenvalue weighted by molar-refractivity contribution is -0.121. The molecule has 0 unspecified atom stereocenters. The fourth-order valence-electron chi connectivity index (χ4n) is 2.24. The normalized spacial score (nSPS) is 11.8. The third-order valence-electron chi connectivity index (χ3n) is 3.61. The molecule has 0 radical (unpaired) electrons. The van der Waals surface area contributed by atoms with Crippen molar-refractivity contribution in [1.82, 2.24) is 5.43 Å². The number of hydrogen-bond acceptors (Lipinski definition) is 5. The highest BCUT2D eigenvalue weighted by Crippen LogP contribution is 2.23. The maximum atomic E-state index is 12.1. The lowest BCUT2D eigenvalue weighted by Gasteiger charge is -2.13. The van der Waals surface area contributed by atoms with E-state index in [1.165, 1.54) is 6.21 Å². The molecule has 0 saturated heterocycles. The third-order valence-corrected chi connectivity index (χ3v) is 3.61. The summed E-state index contributed by atoms with van der Waals surface area (Å²) in [5.74, 6) is 1.07. The number of nitrogens with one attached hydrogen (secondary N) is 2. The number of methoxy groups -OCH3 is 2. The third kappa shape index (κ3) is 5.24. The van der Waals surface area contributed by atoms with Gasteiger partial charge in [-0.2, -0.15) is 5.10 Å². The molecule has 0 spiro atoms. The van der Waals surface area contributed by atoms with Crippen LogP contribution in [0.1, 0.15) is 18.1 Å². The van der Waals surface area contributed by atoms with Gasteiger partial charge in [0.1, 0.15) is 17.5 Å². The van der Waals surface area contributed by atoms with Crippen LogP contribution in [0, 0.1) is 6.92 Å². The number of benzene rings is 2. The molecule has 132 valence electrons. The van der Waals surface area contributed by atoms with Crippen LogP contribution in [0.15, 0.2) is 47.6 Å². The number of aryl methyl sites for hydroxylation is 1. The summed E-state index contributed by atoms with van der Waals surface area (Å²) in [5, 5.41) is 7.14. The van der Waals surface area contributed by atoms with Gasteiger partial charge in [0, 0.05) is 17.3 Å². The molecule has 0 aliphatic heterocycles. The second-order valence-electron chi connectivity index (χ2n) is 5.58. The van der Waals surface area contributed by atoms with E-state index in [0.29, 0.717) is 11.5 Å². The molecule has 0 fully saturated rings. The highest BCUT2D eigenvalue weighted by molar-refractivity contribution is 5.87. The maximum Gasteiger partial charge on any atom is 0.262 e. The fourth-order valence-corrected chi connectivity index (χ4v) is 2.24. The summed E-state index contributed by atoms with van der Waals surface area (Å²) in [4.78, 5) is 12.1. The zero-order valence-electron chi connectivity index (χ0n) is 14.9. The van der Waals surface area contributed by atoms with Crippen LogP contribution >= 0.6 is 0 Å². The highest BCUT2D eigenvalue weighted by atomic mass is 16.5. The molecule has 0 bridgehead atoms. The predicted molar refractivity (Wildman–Crippen MR) is 99.5 cm³/mol. The molecule has 0 heterocycles. The molecule has 2 rings (SSSR count). The highest BCUT2D eigenvalue weighted by Gasteiger charge is 2.11. The maximum absolute atomic E-state index is 12.1. The van der Waals surface area contributed by atoms with Crippen LogP contribution in [0.4, 0.5) is 5.69 Å². The van der Waals surface area contributed by atoms with Gasteiger partial charge in [-0.1, -0.05) is 12.1 Å². The van der Waals surface area contributed by atoms with E-state index in [4.69, 9.17) is 9.47 Å². The quantitative estimate of drug-likeness (QED) is 0.600. The first kappa shape index (κ1) is 18.3. The van der Waals surface area contributed by atoms with Gasteiger partial charge in [0.05, 0.1) is 20.4 Å². The zero-order chi connectivity index (χ0) is 18.2. The molecule has 2 aromatic rings. The Labute approximate surface area is 147 Å². The van der Waals surface area contributed by atoms with Crippen molar-refractivity contribution in [2.75, 3.05) is 19.5 Å². The van der Waals surface area contributed by atoms with Gasteiger partial charge in [0.2, 0.25) is 0 Å². The van der Waals surface area contributed by atoms with Gasteiger partial charge in [0.25, 0.3) is 5.91 Å². The second-order valence-corrected chi connectivity index (χ2v) is 5.58. The second kappa shape index (κ2) is 8.73. The van der Waals surface area contributed by atoms with Crippen molar-refractivity contribution in [2.45, 2.75) is 19.9 Å². The molecule has 1 amide bonds. The van der Waals surface area contributed by atoms with Gasteiger partial charge in [-0.15, -0.1) is 0 Å². The Morgan fingerprint density at radius 1 is 1.16 bits per heavy atom. The van der Waals surface area contributed by atoms with E-state index in [2.05, 4.69) is 15.8 Å². The van der Waals surface area contributed by atoms with Crippen LogP contribution in [-0.4, -0.2) is 32.4 Å². The van der Waals surface area contributed by atoms with Gasteiger partial charge in [-0.3, -0.25) is 4.79 Å². The van der Waals surface area contributed by atoms with Crippen molar-refractivity contribution in [2.24, 2.45) is 5.10 Å². The monoisotopic (exact) mass is 341 g/mol. The van der Waals surface area contributed by atoms with Crippen molar-refractivity contribution >= 4 is 17.8 Å². The van der Waals surface area contributed by atoms with E-state index < -0.39 is 6.04 Å². The molecule has 0 aliphatic carbocycles. The van der Waals surface area contributed by atoms with E-state index >= 15 is 0 Å². The molecule has 25 heavy (non-hydrogen) atoms. The van der Waals surface area contributed by atoms with Crippen molar-refractivity contribution in [3.05, 3.63) is 53.6 Å². The van der Waals surface area contributed by atoms with Gasteiger partial charge < -0.3 is 14.8 Å². The lowest BCUT2D eigenvalue weighted by atomic mass is 10.2. The number of nitrogens with zero attached hydrogens (tertiary/aromatic N) is 1. The van der Waals surface area contributed by atoms with E-state index in [9.17, 15) is 4.79 Å². The Bertz CT molecular complexity index is 759. The summed E-state index contributed by atoms with van der Waals surface area (Å²) >= 11 is 0. The zero-order valence-corrected chi connectivity index (χ0v) is 14.9. The lowest BCUT2D eigenvalue weighted by Crippen LogP contribution is -2.34. The van der Waals surface area contributed by atoms with Crippen molar-refractivity contribution < 1.29 is 14.3 Å². The number of ether oxygens (including phenoxy) is 2. The number of hydrogen-bond donors (Lipinski definition) is 2. The summed E-state index contributed by atoms with van der Waals surface area (Å²) in [6.45, 7) is 3.78. The van der Waals surface area contributed by atoms with Crippen molar-refractivity contribution in [1.29, 1.82) is 0 Å². The molecular formula is C19H23N3O3. The molecule has 0 aliphatic rings. The molecule has 2 aromatic carbocycles. The van der Waals surface area contributed by atoms with Crippen LogP contribution in [-0.2, 0) is 4.79 Å². The van der Waals surface area contributed by atoms with E-state index in [-0.39, 0.29) is 5.91 Å². The van der Waals surface area contributed by atoms with Gasteiger partial charge in [0.15, 0.2) is 0 Å². The standard InChI is InChI=1S/C19H23N3O3/c1-13-6-5-7-16(10-13)21-14(2)19(23)22-20-12-15-8-9-17(24-3)11-18(15)25-4/h5-12,14,21H,1-4H3,(H,22,23)/b20-12-/t14-/m1/s1. The summed E-state index contributed by atoms with van der Waals surface area (Å²) in [6, 6.07) is 12.8. The smallest absolute Gasteiger partial charge is 0.262 e. The van der Waals surface area contributed by atoms with Crippen LogP contribution < -0.4 is 20.2 Å². The van der Waals surface area contributed by atoms with Crippen LogP contribution in [0.5, 0.6) is 11.5 Å². The SMILES string of the molecule is COc1ccc(/C=N\NC(=O)[C@@H](C)Nc2cccc(C)c2)c(OC)c1. The average Bonchev–Trinajstić information content (AvgIpc) is 2.61. The van der Waals surface area contributed by atoms with Crippen LogP contribution in [0.2, 0.25) is 0 Å². The molecule has 0 aromatic heterocycles.